The van der Waals surface area contributed by atoms with Gasteiger partial charge in [0.1, 0.15) is 17.2 Å². The zero-order valence-corrected chi connectivity index (χ0v) is 30.0. The molecule has 8 nitrogen and oxygen atoms in total. The molecule has 1 spiro atoms. The topological polar surface area (TPSA) is 102 Å². The zero-order chi connectivity index (χ0) is 35.6. The van der Waals surface area contributed by atoms with Crippen LogP contribution < -0.4 is 9.47 Å². The van der Waals surface area contributed by atoms with E-state index in [0.29, 0.717) is 49.6 Å². The predicted octanol–water partition coefficient (Wildman–Crippen LogP) is 8.66. The average Bonchev–Trinajstić information content (AvgIpc) is 3.10. The van der Waals surface area contributed by atoms with Gasteiger partial charge < -0.3 is 19.3 Å². The number of carboxylic acids is 1. The van der Waals surface area contributed by atoms with Crippen LogP contribution in [-0.2, 0) is 19.6 Å². The molecule has 6 rings (SSSR count). The Morgan fingerprint density at radius 1 is 0.980 bits per heavy atom. The van der Waals surface area contributed by atoms with Gasteiger partial charge in [0.25, 0.3) is 0 Å². The van der Waals surface area contributed by atoms with Gasteiger partial charge in [-0.15, -0.1) is 0 Å². The van der Waals surface area contributed by atoms with Crippen LogP contribution in [0.4, 0.5) is 0 Å². The molecule has 4 aromatic rings. The van der Waals surface area contributed by atoms with Crippen molar-refractivity contribution in [3.63, 3.8) is 0 Å². The molecule has 0 aromatic heterocycles. The van der Waals surface area contributed by atoms with Crippen molar-refractivity contribution in [2.24, 2.45) is 11.3 Å². The average molecular weight is 696 g/mol. The lowest BCUT2D eigenvalue weighted by Gasteiger charge is -2.49. The Balaban J connectivity index is 1.26. The minimum absolute atomic E-state index is 0.179. The smallest absolute Gasteiger partial charge is 0.341 e. The second kappa shape index (κ2) is 14.4. The fourth-order valence-electron chi connectivity index (χ4n) is 7.32. The number of nitrogens with zero attached hydrogens (tertiary/aromatic N) is 1. The largest absolute Gasteiger partial charge is 0.482 e. The summed E-state index contributed by atoms with van der Waals surface area (Å²) in [6, 6.07) is 26.5. The van der Waals surface area contributed by atoms with Crippen LogP contribution in [0.25, 0.3) is 11.1 Å². The SMILES string of the molecule is C=C(C)[C@H]1C[C@]2(CCCN(S(=O)(=O)c3ccc(-c4ccccc4)cc3)C2)CO[C@@H]1c1cc(Oc2cc(C)cc(C)c2C)ccc1OCC(=O)O. The van der Waals surface area contributed by atoms with Gasteiger partial charge in [-0.2, -0.15) is 4.31 Å². The van der Waals surface area contributed by atoms with Crippen molar-refractivity contribution >= 4 is 16.0 Å². The monoisotopic (exact) mass is 695 g/mol. The first kappa shape index (κ1) is 35.4. The van der Waals surface area contributed by atoms with E-state index >= 15 is 0 Å². The molecule has 2 heterocycles. The molecule has 4 aromatic carbocycles. The second-order valence-electron chi connectivity index (χ2n) is 13.9. The van der Waals surface area contributed by atoms with Gasteiger partial charge in [0.15, 0.2) is 6.61 Å². The Hall–Kier alpha value is -4.44. The summed E-state index contributed by atoms with van der Waals surface area (Å²) in [7, 11) is -3.74. The van der Waals surface area contributed by atoms with Gasteiger partial charge in [-0.05, 0) is 111 Å². The van der Waals surface area contributed by atoms with Crippen molar-refractivity contribution < 1.29 is 32.5 Å². The first-order chi connectivity index (χ1) is 23.8. The number of hydrogen-bond donors (Lipinski definition) is 1. The van der Waals surface area contributed by atoms with Crippen molar-refractivity contribution in [3.8, 4) is 28.4 Å². The number of ether oxygens (including phenoxy) is 3. The van der Waals surface area contributed by atoms with E-state index in [2.05, 4.69) is 12.6 Å². The highest BCUT2D eigenvalue weighted by Gasteiger charge is 2.47. The van der Waals surface area contributed by atoms with Crippen LogP contribution in [0.1, 0.15) is 54.5 Å². The van der Waals surface area contributed by atoms with Gasteiger partial charge in [0, 0.05) is 30.0 Å². The third kappa shape index (κ3) is 7.50. The Labute approximate surface area is 295 Å². The lowest BCUT2D eigenvalue weighted by molar-refractivity contribution is -0.139. The first-order valence-electron chi connectivity index (χ1n) is 17.0. The van der Waals surface area contributed by atoms with Crippen LogP contribution in [0, 0.1) is 32.1 Å². The van der Waals surface area contributed by atoms with E-state index in [1.54, 1.807) is 28.6 Å². The molecule has 9 heteroatoms. The van der Waals surface area contributed by atoms with E-state index in [1.807, 2.05) is 82.3 Å². The molecule has 0 unspecified atom stereocenters. The van der Waals surface area contributed by atoms with Gasteiger partial charge >= 0.3 is 5.97 Å². The molecule has 2 aliphatic heterocycles. The zero-order valence-electron chi connectivity index (χ0n) is 29.1. The first-order valence-corrected chi connectivity index (χ1v) is 18.5. The number of hydrogen-bond acceptors (Lipinski definition) is 6. The minimum Gasteiger partial charge on any atom is -0.482 e. The molecular weight excluding hydrogens is 651 g/mol. The van der Waals surface area contributed by atoms with Crippen LogP contribution in [0.3, 0.4) is 0 Å². The second-order valence-corrected chi connectivity index (χ2v) is 15.8. The third-order valence-electron chi connectivity index (χ3n) is 10.1. The highest BCUT2D eigenvalue weighted by Crippen LogP contribution is 2.51. The van der Waals surface area contributed by atoms with Crippen LogP contribution in [0.15, 0.2) is 102 Å². The number of sulfonamides is 1. The summed E-state index contributed by atoms with van der Waals surface area (Å²) < 4.78 is 48.4. The van der Waals surface area contributed by atoms with Gasteiger partial charge in [0.05, 0.1) is 17.6 Å². The summed E-state index contributed by atoms with van der Waals surface area (Å²) in [4.78, 5) is 11.8. The Kier molecular flexibility index (Phi) is 10.2. The summed E-state index contributed by atoms with van der Waals surface area (Å²) in [5, 5.41) is 9.40. The summed E-state index contributed by atoms with van der Waals surface area (Å²) in [6.45, 7) is 13.0. The molecule has 0 aliphatic carbocycles. The lowest BCUT2D eigenvalue weighted by atomic mass is 9.69. The number of carbonyl (C=O) groups is 1. The van der Waals surface area contributed by atoms with Crippen molar-refractivity contribution in [2.45, 2.75) is 58.0 Å². The summed E-state index contributed by atoms with van der Waals surface area (Å²) in [5.74, 6) is 0.456. The number of aryl methyl sites for hydroxylation is 2. The lowest BCUT2D eigenvalue weighted by Crippen LogP contribution is -2.51. The van der Waals surface area contributed by atoms with Crippen LogP contribution in [-0.4, -0.2) is 50.1 Å². The highest BCUT2D eigenvalue weighted by atomic mass is 32.2. The molecule has 0 radical (unpaired) electrons. The third-order valence-corrected chi connectivity index (χ3v) is 11.9. The van der Waals surface area contributed by atoms with Gasteiger partial charge in [-0.1, -0.05) is 60.7 Å². The molecule has 1 N–H and O–H groups in total. The van der Waals surface area contributed by atoms with E-state index in [4.69, 9.17) is 14.2 Å². The summed E-state index contributed by atoms with van der Waals surface area (Å²) in [6.07, 6.45) is 1.69. The maximum absolute atomic E-state index is 14.0. The number of piperidine rings is 1. The summed E-state index contributed by atoms with van der Waals surface area (Å²) in [5.41, 5.74) is 6.38. The molecule has 2 fully saturated rings. The van der Waals surface area contributed by atoms with E-state index in [0.717, 1.165) is 45.6 Å². The molecule has 2 aliphatic rings. The Bertz CT molecular complexity index is 1990. The number of carboxylic acid groups (broad SMARTS) is 1. The van der Waals surface area contributed by atoms with Gasteiger partial charge in [0.2, 0.25) is 10.0 Å². The molecule has 50 heavy (non-hydrogen) atoms. The van der Waals surface area contributed by atoms with E-state index in [-0.39, 0.29) is 10.8 Å². The van der Waals surface area contributed by atoms with E-state index < -0.39 is 34.1 Å². The molecular formula is C41H45NO7S. The number of benzene rings is 4. The van der Waals surface area contributed by atoms with Crippen molar-refractivity contribution in [2.75, 3.05) is 26.3 Å². The Morgan fingerprint density at radius 2 is 1.70 bits per heavy atom. The standard InChI is InChI=1S/C41H45NO7S/c1-27(2)36-23-41(18-9-19-42(25-41)50(45,46)34-15-12-32(13-16-34)31-10-7-6-8-11-31)26-48-40(36)35-22-33(14-17-37(35)47-24-39(43)44)49-38-21-28(3)20-29(4)30(38)5/h6-8,10-17,20-22,36,40H,1,9,18-19,23-26H2,2-5H3,(H,43,44)/t36-,40-,41+/m1/s1. The van der Waals surface area contributed by atoms with Gasteiger partial charge in [-0.3, -0.25) is 0 Å². The fourth-order valence-corrected chi connectivity index (χ4v) is 8.91. The molecule has 0 bridgehead atoms. The quantitative estimate of drug-likeness (QED) is 0.166. The minimum atomic E-state index is -3.74. The van der Waals surface area contributed by atoms with E-state index in [9.17, 15) is 18.3 Å². The normalized spacial score (nSPS) is 21.1. The van der Waals surface area contributed by atoms with E-state index in [1.165, 1.54) is 0 Å². The molecule has 3 atom stereocenters. The fraction of sp³-hybridized carbons (Fsp3) is 0.341. The highest BCUT2D eigenvalue weighted by molar-refractivity contribution is 7.89. The van der Waals surface area contributed by atoms with Gasteiger partial charge in [-0.25, -0.2) is 13.2 Å². The Morgan fingerprint density at radius 3 is 2.40 bits per heavy atom. The molecule has 0 saturated carbocycles. The maximum Gasteiger partial charge on any atom is 0.341 e. The molecule has 262 valence electrons. The molecule has 0 amide bonds. The van der Waals surface area contributed by atoms with Crippen LogP contribution in [0.2, 0.25) is 0 Å². The van der Waals surface area contributed by atoms with Crippen molar-refractivity contribution in [3.05, 3.63) is 119 Å². The number of rotatable bonds is 10. The van der Waals surface area contributed by atoms with Crippen LogP contribution >= 0.6 is 0 Å². The predicted molar refractivity (Wildman–Crippen MR) is 194 cm³/mol. The number of aliphatic carboxylic acids is 1. The summed E-state index contributed by atoms with van der Waals surface area (Å²) >= 11 is 0. The van der Waals surface area contributed by atoms with Crippen LogP contribution in [0.5, 0.6) is 17.2 Å². The van der Waals surface area contributed by atoms with Crippen molar-refractivity contribution in [1.82, 2.24) is 4.31 Å². The van der Waals surface area contributed by atoms with Crippen molar-refractivity contribution in [1.29, 1.82) is 0 Å². The molecule has 2 saturated heterocycles. The maximum atomic E-state index is 14.0.